The van der Waals surface area contributed by atoms with Crippen LogP contribution in [0.3, 0.4) is 0 Å². The van der Waals surface area contributed by atoms with E-state index < -0.39 is 29.3 Å². The van der Waals surface area contributed by atoms with Gasteiger partial charge >= 0.3 is 12.1 Å². The van der Waals surface area contributed by atoms with Gasteiger partial charge in [-0.05, 0) is 37.0 Å². The third-order valence-electron chi connectivity index (χ3n) is 3.13. The van der Waals surface area contributed by atoms with Gasteiger partial charge in [-0.15, -0.1) is 0 Å². The molecule has 0 saturated heterocycles. The fraction of sp³-hybridized carbons (Fsp3) is 0.385. The fourth-order valence-corrected chi connectivity index (χ4v) is 1.96. The molecule has 1 unspecified atom stereocenters. The van der Waals surface area contributed by atoms with Gasteiger partial charge in [0.15, 0.2) is 0 Å². The van der Waals surface area contributed by atoms with Crippen molar-refractivity contribution in [1.82, 2.24) is 0 Å². The Bertz CT molecular complexity index is 574. The van der Waals surface area contributed by atoms with Crippen molar-refractivity contribution >= 4 is 11.7 Å². The van der Waals surface area contributed by atoms with E-state index in [1.165, 1.54) is 6.07 Å². The molecule has 1 atom stereocenters. The summed E-state index contributed by atoms with van der Waals surface area (Å²) >= 11 is 0. The van der Waals surface area contributed by atoms with Crippen molar-refractivity contribution in [2.24, 2.45) is 5.92 Å². The normalized spacial score (nSPS) is 16.3. The van der Waals surface area contributed by atoms with Gasteiger partial charge in [0.25, 0.3) is 0 Å². The maximum atomic E-state index is 12.6. The topological polar surface area (TPSA) is 73.1 Å². The Kier molecular flexibility index (Phi) is 3.57. The van der Waals surface area contributed by atoms with Crippen molar-refractivity contribution in [2.45, 2.75) is 25.1 Å². The maximum Gasteiger partial charge on any atom is 0.417 e. The molecule has 1 aromatic rings. The number of nitriles is 1. The summed E-state index contributed by atoms with van der Waals surface area (Å²) in [6, 6.07) is 3.60. The van der Waals surface area contributed by atoms with E-state index in [1.807, 2.05) is 0 Å². The van der Waals surface area contributed by atoms with Crippen LogP contribution >= 0.6 is 0 Å². The molecule has 7 heteroatoms. The highest BCUT2D eigenvalue weighted by atomic mass is 19.4. The van der Waals surface area contributed by atoms with E-state index >= 15 is 0 Å². The number of hydrogen-bond acceptors (Lipinski definition) is 3. The van der Waals surface area contributed by atoms with Crippen molar-refractivity contribution in [3.63, 3.8) is 0 Å². The van der Waals surface area contributed by atoms with Gasteiger partial charge in [-0.2, -0.15) is 18.4 Å². The monoisotopic (exact) mass is 284 g/mol. The van der Waals surface area contributed by atoms with Gasteiger partial charge in [0, 0.05) is 5.69 Å². The van der Waals surface area contributed by atoms with Crippen molar-refractivity contribution in [3.05, 3.63) is 29.3 Å². The van der Waals surface area contributed by atoms with Gasteiger partial charge in [-0.1, -0.05) is 0 Å². The van der Waals surface area contributed by atoms with Gasteiger partial charge in [0.1, 0.15) is 6.04 Å². The second kappa shape index (κ2) is 5.04. The first-order valence-corrected chi connectivity index (χ1v) is 5.93. The molecule has 2 rings (SSSR count). The lowest BCUT2D eigenvalue weighted by Crippen LogP contribution is -2.31. The smallest absolute Gasteiger partial charge is 0.417 e. The first-order chi connectivity index (χ1) is 9.32. The highest BCUT2D eigenvalue weighted by Gasteiger charge is 2.37. The molecule has 0 aromatic heterocycles. The van der Waals surface area contributed by atoms with E-state index in [-0.39, 0.29) is 11.6 Å². The highest BCUT2D eigenvalue weighted by molar-refractivity contribution is 5.78. The standard InChI is InChI=1S/C13H11F3N2O2/c14-13(15,16)10-4-3-9(5-8(10)6-17)18-11(12(19)20)7-1-2-7/h3-5,7,11,18H,1-2H2,(H,19,20). The van der Waals surface area contributed by atoms with Gasteiger partial charge in [0.2, 0.25) is 0 Å². The molecule has 0 radical (unpaired) electrons. The predicted molar refractivity (Wildman–Crippen MR) is 63.9 cm³/mol. The molecular formula is C13H11F3N2O2. The largest absolute Gasteiger partial charge is 0.480 e. The average Bonchev–Trinajstić information content (AvgIpc) is 3.18. The SMILES string of the molecule is N#Cc1cc(NC(C(=O)O)C2CC2)ccc1C(F)(F)F. The van der Waals surface area contributed by atoms with Crippen LogP contribution in [0.25, 0.3) is 0 Å². The van der Waals surface area contributed by atoms with E-state index in [0.29, 0.717) is 0 Å². The number of aliphatic carboxylic acids is 1. The number of carboxylic acids is 1. The summed E-state index contributed by atoms with van der Waals surface area (Å²) in [7, 11) is 0. The van der Waals surface area contributed by atoms with Crippen LogP contribution in [0.5, 0.6) is 0 Å². The molecule has 4 nitrogen and oxygen atoms in total. The zero-order chi connectivity index (χ0) is 14.9. The lowest BCUT2D eigenvalue weighted by molar-refractivity contribution is -0.139. The zero-order valence-electron chi connectivity index (χ0n) is 10.2. The third kappa shape index (κ3) is 3.02. The summed E-state index contributed by atoms with van der Waals surface area (Å²) in [6.45, 7) is 0. The van der Waals surface area contributed by atoms with Crippen molar-refractivity contribution < 1.29 is 23.1 Å². The second-order valence-corrected chi connectivity index (χ2v) is 4.67. The van der Waals surface area contributed by atoms with E-state index in [0.717, 1.165) is 31.0 Å². The molecule has 1 aliphatic rings. The minimum absolute atomic E-state index is 0.0136. The molecule has 1 fully saturated rings. The number of anilines is 1. The minimum Gasteiger partial charge on any atom is -0.480 e. The van der Waals surface area contributed by atoms with Crippen LogP contribution in [0, 0.1) is 17.2 Å². The Hall–Kier alpha value is -2.23. The molecule has 0 aliphatic heterocycles. The number of hydrogen-bond donors (Lipinski definition) is 2. The first-order valence-electron chi connectivity index (χ1n) is 5.93. The van der Waals surface area contributed by atoms with Gasteiger partial charge in [-0.3, -0.25) is 0 Å². The number of benzene rings is 1. The lowest BCUT2D eigenvalue weighted by atomic mass is 10.1. The van der Waals surface area contributed by atoms with Crippen LogP contribution in [-0.4, -0.2) is 17.1 Å². The van der Waals surface area contributed by atoms with E-state index in [1.54, 1.807) is 0 Å². The van der Waals surface area contributed by atoms with Crippen LogP contribution < -0.4 is 5.32 Å². The fourth-order valence-electron chi connectivity index (χ4n) is 1.96. The Morgan fingerprint density at radius 3 is 2.55 bits per heavy atom. The third-order valence-corrected chi connectivity index (χ3v) is 3.13. The summed E-state index contributed by atoms with van der Waals surface area (Å²) in [5.41, 5.74) is -1.35. The average molecular weight is 284 g/mol. The number of carboxylic acid groups (broad SMARTS) is 1. The quantitative estimate of drug-likeness (QED) is 0.891. The number of nitrogens with one attached hydrogen (secondary N) is 1. The molecule has 0 amide bonds. The predicted octanol–water partition coefficient (Wildman–Crippen LogP) is 2.85. The maximum absolute atomic E-state index is 12.6. The van der Waals surface area contributed by atoms with Crippen LogP contribution in [0.2, 0.25) is 0 Å². The van der Waals surface area contributed by atoms with Gasteiger partial charge < -0.3 is 10.4 Å². The van der Waals surface area contributed by atoms with E-state index in [2.05, 4.69) is 5.32 Å². The number of alkyl halides is 3. The summed E-state index contributed by atoms with van der Waals surface area (Å²) < 4.78 is 37.9. The molecule has 20 heavy (non-hydrogen) atoms. The van der Waals surface area contributed by atoms with E-state index in [4.69, 9.17) is 10.4 Å². The Morgan fingerprint density at radius 2 is 2.10 bits per heavy atom. The lowest BCUT2D eigenvalue weighted by Gasteiger charge is -2.16. The van der Waals surface area contributed by atoms with Crippen LogP contribution in [0.1, 0.15) is 24.0 Å². The summed E-state index contributed by atoms with van der Waals surface area (Å²) in [6.07, 6.45) is -3.06. The molecule has 1 aliphatic carbocycles. The molecule has 2 N–H and O–H groups in total. The molecule has 0 heterocycles. The zero-order valence-corrected chi connectivity index (χ0v) is 10.2. The minimum atomic E-state index is -4.60. The summed E-state index contributed by atoms with van der Waals surface area (Å²) in [5, 5.41) is 20.5. The van der Waals surface area contributed by atoms with Crippen molar-refractivity contribution in [2.75, 3.05) is 5.32 Å². The molecule has 1 saturated carbocycles. The Balaban J connectivity index is 2.26. The van der Waals surface area contributed by atoms with Crippen LogP contribution in [-0.2, 0) is 11.0 Å². The van der Waals surface area contributed by atoms with E-state index in [9.17, 15) is 18.0 Å². The number of rotatable bonds is 4. The second-order valence-electron chi connectivity index (χ2n) is 4.67. The number of carbonyl (C=O) groups is 1. The van der Waals surface area contributed by atoms with Crippen LogP contribution in [0.15, 0.2) is 18.2 Å². The first kappa shape index (κ1) is 14.2. The summed E-state index contributed by atoms with van der Waals surface area (Å²) in [4.78, 5) is 11.1. The number of nitrogens with zero attached hydrogens (tertiary/aromatic N) is 1. The molecule has 1 aromatic carbocycles. The molecule has 0 spiro atoms. The Morgan fingerprint density at radius 1 is 1.45 bits per heavy atom. The molecule has 0 bridgehead atoms. The highest BCUT2D eigenvalue weighted by Crippen LogP contribution is 2.36. The van der Waals surface area contributed by atoms with Crippen molar-refractivity contribution in [1.29, 1.82) is 5.26 Å². The molecular weight excluding hydrogens is 273 g/mol. The number of halogens is 3. The van der Waals surface area contributed by atoms with Gasteiger partial charge in [-0.25, -0.2) is 4.79 Å². The van der Waals surface area contributed by atoms with Crippen molar-refractivity contribution in [3.8, 4) is 6.07 Å². The molecule has 106 valence electrons. The summed E-state index contributed by atoms with van der Waals surface area (Å²) in [5.74, 6) is -1.06. The van der Waals surface area contributed by atoms with Gasteiger partial charge in [0.05, 0.1) is 17.2 Å². The van der Waals surface area contributed by atoms with Crippen LogP contribution in [0.4, 0.5) is 18.9 Å². The Labute approximate surface area is 112 Å².